The SMILES string of the molecule is Cn1nc(C(F)(F)F)c(CSC2=CC(C)(C)ON2)c1OC1COC1. The molecule has 0 bridgehead atoms. The van der Waals surface area contributed by atoms with Gasteiger partial charge in [-0.25, -0.2) is 4.68 Å². The second kappa shape index (κ2) is 6.16. The van der Waals surface area contributed by atoms with Gasteiger partial charge in [0.2, 0.25) is 5.88 Å². The van der Waals surface area contributed by atoms with Crippen molar-refractivity contribution in [3.05, 3.63) is 22.4 Å². The second-order valence-corrected chi connectivity index (χ2v) is 7.15. The van der Waals surface area contributed by atoms with Crippen molar-refractivity contribution in [1.82, 2.24) is 15.3 Å². The van der Waals surface area contributed by atoms with E-state index >= 15 is 0 Å². The van der Waals surface area contributed by atoms with E-state index in [0.29, 0.717) is 18.2 Å². The number of hydrogen-bond acceptors (Lipinski definition) is 6. The Morgan fingerprint density at radius 2 is 2.17 bits per heavy atom. The van der Waals surface area contributed by atoms with Gasteiger partial charge in [0, 0.05) is 12.8 Å². The molecule has 0 unspecified atom stereocenters. The van der Waals surface area contributed by atoms with E-state index in [1.807, 2.05) is 19.9 Å². The number of aromatic nitrogens is 2. The molecule has 10 heteroatoms. The topological polar surface area (TPSA) is 57.5 Å². The van der Waals surface area contributed by atoms with Crippen molar-refractivity contribution >= 4 is 11.8 Å². The van der Waals surface area contributed by atoms with E-state index in [1.165, 1.54) is 18.8 Å². The second-order valence-electron chi connectivity index (χ2n) is 6.14. The summed E-state index contributed by atoms with van der Waals surface area (Å²) in [5.74, 6) is 0.186. The molecule has 1 aromatic heterocycles. The fraction of sp³-hybridized carbons (Fsp3) is 0.643. The predicted molar refractivity (Wildman–Crippen MR) is 81.1 cm³/mol. The number of hydrogen-bond donors (Lipinski definition) is 1. The Morgan fingerprint density at radius 1 is 1.46 bits per heavy atom. The third-order valence-corrected chi connectivity index (χ3v) is 4.45. The van der Waals surface area contributed by atoms with Crippen LogP contribution >= 0.6 is 11.8 Å². The van der Waals surface area contributed by atoms with Crippen LogP contribution in [0, 0.1) is 0 Å². The molecule has 3 heterocycles. The van der Waals surface area contributed by atoms with Gasteiger partial charge in [-0.1, -0.05) is 0 Å². The molecule has 0 saturated carbocycles. The van der Waals surface area contributed by atoms with Crippen LogP contribution in [0.4, 0.5) is 13.2 Å². The maximum Gasteiger partial charge on any atom is 0.435 e. The Hall–Kier alpha value is -1.39. The normalized spacial score (nSPS) is 20.5. The average molecular weight is 365 g/mol. The first-order chi connectivity index (χ1) is 11.2. The molecule has 0 spiro atoms. The van der Waals surface area contributed by atoms with Gasteiger partial charge >= 0.3 is 6.18 Å². The Balaban J connectivity index is 1.83. The molecule has 0 radical (unpaired) electrons. The fourth-order valence-electron chi connectivity index (χ4n) is 2.28. The molecule has 6 nitrogen and oxygen atoms in total. The lowest BCUT2D eigenvalue weighted by Gasteiger charge is -2.27. The third-order valence-electron chi connectivity index (χ3n) is 3.51. The lowest BCUT2D eigenvalue weighted by Crippen LogP contribution is -2.39. The highest BCUT2D eigenvalue weighted by molar-refractivity contribution is 8.02. The molecule has 0 atom stereocenters. The molecule has 134 valence electrons. The van der Waals surface area contributed by atoms with Crippen molar-refractivity contribution in [3.8, 4) is 5.88 Å². The predicted octanol–water partition coefficient (Wildman–Crippen LogP) is 2.60. The minimum absolute atomic E-state index is 0.0225. The molecule has 1 saturated heterocycles. The zero-order valence-electron chi connectivity index (χ0n) is 13.4. The summed E-state index contributed by atoms with van der Waals surface area (Å²) < 4.78 is 51.6. The molecule has 24 heavy (non-hydrogen) atoms. The molecule has 2 aliphatic rings. The Bertz CT molecular complexity index is 654. The number of aryl methyl sites for hydroxylation is 1. The number of nitrogens with zero attached hydrogens (tertiary/aromatic N) is 2. The molecule has 1 aromatic rings. The molecule has 0 amide bonds. The summed E-state index contributed by atoms with van der Waals surface area (Å²) in [6.07, 6.45) is -2.96. The minimum atomic E-state index is -4.54. The van der Waals surface area contributed by atoms with Crippen LogP contribution in [-0.4, -0.2) is 34.7 Å². The van der Waals surface area contributed by atoms with Crippen LogP contribution < -0.4 is 10.2 Å². The van der Waals surface area contributed by atoms with Crippen LogP contribution in [0.5, 0.6) is 5.88 Å². The summed E-state index contributed by atoms with van der Waals surface area (Å²) in [5.41, 5.74) is 1.32. The zero-order chi connectivity index (χ0) is 17.5. The lowest BCUT2D eigenvalue weighted by atomic mass is 10.1. The summed E-state index contributed by atoms with van der Waals surface area (Å²) in [6.45, 7) is 4.44. The van der Waals surface area contributed by atoms with E-state index in [-0.39, 0.29) is 23.3 Å². The maximum atomic E-state index is 13.3. The molecule has 2 aliphatic heterocycles. The highest BCUT2D eigenvalue weighted by Crippen LogP contribution is 2.39. The molecule has 0 aliphatic carbocycles. The Morgan fingerprint density at radius 3 is 2.67 bits per heavy atom. The van der Waals surface area contributed by atoms with Crippen molar-refractivity contribution in [2.24, 2.45) is 7.05 Å². The summed E-state index contributed by atoms with van der Waals surface area (Å²) in [6, 6.07) is 0. The first-order valence-electron chi connectivity index (χ1n) is 7.33. The fourth-order valence-corrected chi connectivity index (χ4v) is 3.30. The van der Waals surface area contributed by atoms with Gasteiger partial charge in [0.25, 0.3) is 0 Å². The molecule has 1 fully saturated rings. The molecular weight excluding hydrogens is 347 g/mol. The summed E-state index contributed by atoms with van der Waals surface area (Å²) in [5, 5.41) is 4.27. The van der Waals surface area contributed by atoms with Gasteiger partial charge < -0.3 is 9.47 Å². The van der Waals surface area contributed by atoms with Crippen molar-refractivity contribution in [2.45, 2.75) is 37.5 Å². The van der Waals surface area contributed by atoms with E-state index in [0.717, 1.165) is 4.68 Å². The van der Waals surface area contributed by atoms with Gasteiger partial charge in [-0.3, -0.25) is 10.3 Å². The van der Waals surface area contributed by atoms with Gasteiger partial charge in [0.05, 0.1) is 23.8 Å². The van der Waals surface area contributed by atoms with Crippen LogP contribution in [-0.2, 0) is 28.6 Å². The molecule has 1 N–H and O–H groups in total. The number of thioether (sulfide) groups is 1. The number of hydroxylamine groups is 1. The van der Waals surface area contributed by atoms with E-state index in [2.05, 4.69) is 10.6 Å². The van der Waals surface area contributed by atoms with Gasteiger partial charge in [0.15, 0.2) is 5.69 Å². The monoisotopic (exact) mass is 365 g/mol. The van der Waals surface area contributed by atoms with Crippen molar-refractivity contribution in [1.29, 1.82) is 0 Å². The van der Waals surface area contributed by atoms with Crippen LogP contribution in [0.2, 0.25) is 0 Å². The number of nitrogens with one attached hydrogen (secondary N) is 1. The Kier molecular flexibility index (Phi) is 4.47. The third kappa shape index (κ3) is 3.65. The van der Waals surface area contributed by atoms with Gasteiger partial charge in [-0.05, 0) is 19.9 Å². The summed E-state index contributed by atoms with van der Waals surface area (Å²) >= 11 is 1.21. The smallest absolute Gasteiger partial charge is 0.435 e. The van der Waals surface area contributed by atoms with E-state index in [4.69, 9.17) is 14.3 Å². The average Bonchev–Trinajstić information content (AvgIpc) is 2.91. The number of alkyl halides is 3. The quantitative estimate of drug-likeness (QED) is 0.866. The van der Waals surface area contributed by atoms with E-state index in [1.54, 1.807) is 0 Å². The van der Waals surface area contributed by atoms with E-state index in [9.17, 15) is 13.2 Å². The molecular formula is C14H18F3N3O3S. The minimum Gasteiger partial charge on any atom is -0.469 e. The molecule has 0 aromatic carbocycles. The largest absolute Gasteiger partial charge is 0.469 e. The first-order valence-corrected chi connectivity index (χ1v) is 8.31. The van der Waals surface area contributed by atoms with E-state index < -0.39 is 17.5 Å². The highest BCUT2D eigenvalue weighted by atomic mass is 32.2. The Labute approximate surface area is 141 Å². The van der Waals surface area contributed by atoms with Crippen molar-refractivity contribution in [3.63, 3.8) is 0 Å². The van der Waals surface area contributed by atoms with Crippen molar-refractivity contribution in [2.75, 3.05) is 13.2 Å². The molecule has 3 rings (SSSR count). The van der Waals surface area contributed by atoms with Crippen LogP contribution in [0.1, 0.15) is 25.1 Å². The summed E-state index contributed by atoms with van der Waals surface area (Å²) in [4.78, 5) is 5.31. The van der Waals surface area contributed by atoms with Gasteiger partial charge in [-0.15, -0.1) is 11.8 Å². The van der Waals surface area contributed by atoms with Crippen LogP contribution in [0.15, 0.2) is 11.1 Å². The van der Waals surface area contributed by atoms with Crippen LogP contribution in [0.25, 0.3) is 0 Å². The highest BCUT2D eigenvalue weighted by Gasteiger charge is 2.40. The first kappa shape index (κ1) is 17.4. The van der Waals surface area contributed by atoms with Crippen molar-refractivity contribution < 1.29 is 27.5 Å². The van der Waals surface area contributed by atoms with Gasteiger partial charge in [-0.2, -0.15) is 18.3 Å². The van der Waals surface area contributed by atoms with Gasteiger partial charge in [0.1, 0.15) is 11.7 Å². The lowest BCUT2D eigenvalue weighted by molar-refractivity contribution is -0.142. The zero-order valence-corrected chi connectivity index (χ0v) is 14.3. The van der Waals surface area contributed by atoms with Crippen LogP contribution in [0.3, 0.4) is 0 Å². The maximum absolute atomic E-state index is 13.3. The number of halogens is 3. The number of rotatable bonds is 5. The standard InChI is InChI=1S/C14H18F3N3O3S/c1-13(2)4-10(19-23-13)24-7-9-11(14(15,16)17)18-20(3)12(9)22-8-5-21-6-8/h4,8,19H,5-7H2,1-3H3. The number of ether oxygens (including phenoxy) is 2. The summed E-state index contributed by atoms with van der Waals surface area (Å²) in [7, 11) is 1.44.